The molecule has 0 saturated carbocycles. The first kappa shape index (κ1) is 19.8. The third-order valence-electron chi connectivity index (χ3n) is 4.77. The summed E-state index contributed by atoms with van der Waals surface area (Å²) in [5, 5.41) is 26.3. The lowest BCUT2D eigenvalue weighted by Crippen LogP contribution is -2.40. The molecule has 0 bridgehead atoms. The van der Waals surface area contributed by atoms with Crippen LogP contribution in [0.2, 0.25) is 0 Å². The summed E-state index contributed by atoms with van der Waals surface area (Å²) in [4.78, 5) is 25.0. The highest BCUT2D eigenvalue weighted by Crippen LogP contribution is 2.33. The summed E-state index contributed by atoms with van der Waals surface area (Å²) in [7, 11) is 0. The number of hydrogen-bond donors (Lipinski definition) is 3. The van der Waals surface area contributed by atoms with E-state index in [0.29, 0.717) is 17.2 Å². The molecular formula is C21H17FN5O2. The van der Waals surface area contributed by atoms with Gasteiger partial charge in [-0.2, -0.15) is 10.5 Å². The molecule has 2 heterocycles. The van der Waals surface area contributed by atoms with E-state index in [1.54, 1.807) is 26.1 Å². The predicted octanol–water partition coefficient (Wildman–Crippen LogP) is 2.14. The second kappa shape index (κ2) is 7.99. The molecule has 3 rings (SSSR count). The third-order valence-corrected chi connectivity index (χ3v) is 4.77. The highest BCUT2D eigenvalue weighted by atomic mass is 19.1. The Labute approximate surface area is 167 Å². The van der Waals surface area contributed by atoms with Crippen LogP contribution in [0.1, 0.15) is 37.4 Å². The van der Waals surface area contributed by atoms with E-state index in [1.807, 2.05) is 12.1 Å². The largest absolute Gasteiger partial charge is 0.353 e. The molecule has 29 heavy (non-hydrogen) atoms. The molecule has 7 nitrogen and oxygen atoms in total. The van der Waals surface area contributed by atoms with E-state index in [0.717, 1.165) is 6.07 Å². The van der Waals surface area contributed by atoms with E-state index in [1.165, 1.54) is 12.1 Å². The van der Waals surface area contributed by atoms with Gasteiger partial charge in [0.15, 0.2) is 0 Å². The molecule has 0 aromatic heterocycles. The number of nitriles is 2. The number of carbonyl (C=O) groups is 2. The zero-order valence-electron chi connectivity index (χ0n) is 15.8. The van der Waals surface area contributed by atoms with Crippen LogP contribution in [0.15, 0.2) is 52.9 Å². The van der Waals surface area contributed by atoms with E-state index >= 15 is 0 Å². The fourth-order valence-corrected chi connectivity index (χ4v) is 3.29. The number of nitrogens with zero attached hydrogens (tertiary/aromatic N) is 2. The van der Waals surface area contributed by atoms with E-state index < -0.39 is 23.7 Å². The Kier molecular flexibility index (Phi) is 5.47. The van der Waals surface area contributed by atoms with E-state index in [9.17, 15) is 19.2 Å². The first-order valence-corrected chi connectivity index (χ1v) is 8.80. The molecule has 3 N–H and O–H groups in total. The fourth-order valence-electron chi connectivity index (χ4n) is 3.29. The molecule has 0 fully saturated rings. The van der Waals surface area contributed by atoms with Crippen molar-refractivity contribution >= 4 is 11.8 Å². The highest BCUT2D eigenvalue weighted by Gasteiger charge is 2.33. The van der Waals surface area contributed by atoms with Crippen molar-refractivity contribution in [1.82, 2.24) is 16.0 Å². The van der Waals surface area contributed by atoms with Gasteiger partial charge in [0.1, 0.15) is 23.6 Å². The first-order chi connectivity index (χ1) is 13.8. The maximum atomic E-state index is 14.2. The van der Waals surface area contributed by atoms with Gasteiger partial charge in [0.05, 0.1) is 24.1 Å². The van der Waals surface area contributed by atoms with Gasteiger partial charge in [0.2, 0.25) is 11.8 Å². The Morgan fingerprint density at radius 2 is 2.07 bits per heavy atom. The van der Waals surface area contributed by atoms with Crippen molar-refractivity contribution in [1.29, 1.82) is 10.5 Å². The lowest BCUT2D eigenvalue weighted by Gasteiger charge is -2.29. The van der Waals surface area contributed by atoms with Crippen molar-refractivity contribution in [2.75, 3.05) is 0 Å². The topological polar surface area (TPSA) is 118 Å². The first-order valence-electron chi connectivity index (χ1n) is 8.80. The van der Waals surface area contributed by atoms with Gasteiger partial charge in [-0.05, 0) is 37.6 Å². The monoisotopic (exact) mass is 390 g/mol. The molecule has 1 aromatic rings. The fraction of sp³-hybridized carbons (Fsp3) is 0.190. The zero-order chi connectivity index (χ0) is 21.1. The minimum absolute atomic E-state index is 0.188. The summed E-state index contributed by atoms with van der Waals surface area (Å²) in [5.41, 5.74) is 2.02. The third kappa shape index (κ3) is 3.87. The van der Waals surface area contributed by atoms with E-state index in [4.69, 9.17) is 5.26 Å². The van der Waals surface area contributed by atoms with Crippen molar-refractivity contribution in [3.63, 3.8) is 0 Å². The van der Waals surface area contributed by atoms with Crippen molar-refractivity contribution in [3.8, 4) is 12.1 Å². The molecule has 0 aliphatic carbocycles. The number of benzene rings is 1. The van der Waals surface area contributed by atoms with Crippen LogP contribution >= 0.6 is 0 Å². The number of carbonyl (C=O) groups excluding carboxylic acids is 2. The highest BCUT2D eigenvalue weighted by molar-refractivity contribution is 6.03. The van der Waals surface area contributed by atoms with E-state index in [-0.39, 0.29) is 28.8 Å². The molecule has 0 unspecified atom stereocenters. The SMILES string of the molecule is CC1=C(CC(=O)N[C@H](C)c2ccc(C#N)cc2F)C(=O)N[C]2C=CNC(C#N)=C21. The maximum absolute atomic E-state index is 14.2. The molecule has 2 aliphatic rings. The Bertz CT molecular complexity index is 1070. The van der Waals surface area contributed by atoms with Crippen molar-refractivity contribution in [2.45, 2.75) is 26.3 Å². The summed E-state index contributed by atoms with van der Waals surface area (Å²) in [5.74, 6) is -1.48. The number of rotatable bonds is 4. The van der Waals surface area contributed by atoms with Crippen molar-refractivity contribution < 1.29 is 14.0 Å². The Morgan fingerprint density at radius 1 is 1.31 bits per heavy atom. The number of hydrogen-bond acceptors (Lipinski definition) is 5. The molecule has 1 radical (unpaired) electrons. The summed E-state index contributed by atoms with van der Waals surface area (Å²) in [6, 6.07) is 7.76. The number of halogens is 1. The number of nitrogens with one attached hydrogen (secondary N) is 3. The van der Waals surface area contributed by atoms with Crippen LogP contribution in [-0.4, -0.2) is 11.8 Å². The second-order valence-corrected chi connectivity index (χ2v) is 6.62. The molecule has 145 valence electrons. The van der Waals surface area contributed by atoms with Gasteiger partial charge in [-0.25, -0.2) is 4.39 Å². The molecule has 2 aliphatic heterocycles. The summed E-state index contributed by atoms with van der Waals surface area (Å²) in [6.07, 6.45) is 2.97. The summed E-state index contributed by atoms with van der Waals surface area (Å²) in [6.45, 7) is 3.29. The summed E-state index contributed by atoms with van der Waals surface area (Å²) < 4.78 is 14.2. The average molecular weight is 390 g/mol. The zero-order valence-corrected chi connectivity index (χ0v) is 15.8. The number of allylic oxidation sites excluding steroid dienone is 1. The van der Waals surface area contributed by atoms with Gasteiger partial charge in [0.25, 0.3) is 0 Å². The maximum Gasteiger partial charge on any atom is 0.249 e. The Morgan fingerprint density at radius 3 is 2.72 bits per heavy atom. The van der Waals surface area contributed by atoms with Crippen LogP contribution in [0.5, 0.6) is 0 Å². The van der Waals surface area contributed by atoms with Gasteiger partial charge in [-0.3, -0.25) is 9.59 Å². The lowest BCUT2D eigenvalue weighted by molar-refractivity contribution is -0.123. The van der Waals surface area contributed by atoms with Gasteiger partial charge in [0, 0.05) is 22.9 Å². The summed E-state index contributed by atoms with van der Waals surface area (Å²) >= 11 is 0. The van der Waals surface area contributed by atoms with Gasteiger partial charge in [-0.1, -0.05) is 6.07 Å². The molecule has 1 aromatic carbocycles. The molecule has 0 saturated heterocycles. The van der Waals surface area contributed by atoms with Gasteiger partial charge < -0.3 is 16.0 Å². The minimum atomic E-state index is -0.655. The normalized spacial score (nSPS) is 16.9. The minimum Gasteiger partial charge on any atom is -0.353 e. The van der Waals surface area contributed by atoms with Crippen LogP contribution < -0.4 is 16.0 Å². The number of dihydropyridines is 1. The predicted molar refractivity (Wildman–Crippen MR) is 101 cm³/mol. The van der Waals surface area contributed by atoms with Gasteiger partial charge >= 0.3 is 0 Å². The molecule has 8 heteroatoms. The van der Waals surface area contributed by atoms with E-state index in [2.05, 4.69) is 16.0 Å². The Hall–Kier alpha value is -3.91. The lowest BCUT2D eigenvalue weighted by atomic mass is 9.86. The number of amides is 2. The van der Waals surface area contributed by atoms with Crippen LogP contribution in [-0.2, 0) is 9.59 Å². The quantitative estimate of drug-likeness (QED) is 0.728. The van der Waals surface area contributed by atoms with Crippen LogP contribution in [0, 0.1) is 34.5 Å². The van der Waals surface area contributed by atoms with Crippen LogP contribution in [0.4, 0.5) is 4.39 Å². The van der Waals surface area contributed by atoms with Crippen molar-refractivity contribution in [2.24, 2.45) is 0 Å². The average Bonchev–Trinajstić information content (AvgIpc) is 2.70. The smallest absolute Gasteiger partial charge is 0.249 e. The Balaban J connectivity index is 1.80. The second-order valence-electron chi connectivity index (χ2n) is 6.62. The molecule has 1 atom stereocenters. The number of fused-ring (bicyclic) bond motifs is 1. The van der Waals surface area contributed by atoms with Gasteiger partial charge in [-0.15, -0.1) is 0 Å². The molecule has 0 spiro atoms. The standard InChI is InChI=1S/C21H17FN5O2/c1-11-15(21(29)27-17-5-6-25-18(10-24)20(11)17)8-19(28)26-12(2)14-4-3-13(9-23)7-16(14)22/h3-7,12,25H,8H2,1-2H3,(H,26,28)(H,27,29)/t12-/m1/s1. The van der Waals surface area contributed by atoms with Crippen LogP contribution in [0.3, 0.4) is 0 Å². The van der Waals surface area contributed by atoms with Crippen molar-refractivity contribution in [3.05, 3.63) is 75.9 Å². The molecule has 2 amide bonds. The molecular weight excluding hydrogens is 373 g/mol. The van der Waals surface area contributed by atoms with Crippen LogP contribution in [0.25, 0.3) is 0 Å².